The first-order valence-electron chi connectivity index (χ1n) is 8.17. The first-order chi connectivity index (χ1) is 10.5. The zero-order valence-corrected chi connectivity index (χ0v) is 15.1. The predicted molar refractivity (Wildman–Crippen MR) is 96.0 cm³/mol. The summed E-state index contributed by atoms with van der Waals surface area (Å²) in [6, 6.07) is 6.10. The minimum atomic E-state index is -0.425. The van der Waals surface area contributed by atoms with Gasteiger partial charge < -0.3 is 15.8 Å². The van der Waals surface area contributed by atoms with E-state index in [0.29, 0.717) is 13.2 Å². The molecule has 1 fully saturated rings. The minimum absolute atomic E-state index is 0. The average molecular weight is 341 g/mol. The number of hydrogen-bond acceptors (Lipinski definition) is 3. The fourth-order valence-electron chi connectivity index (χ4n) is 3.08. The molecule has 1 saturated heterocycles. The van der Waals surface area contributed by atoms with E-state index in [1.54, 1.807) is 0 Å². The first-order valence-corrected chi connectivity index (χ1v) is 8.17. The molecule has 3 N–H and O–H groups in total. The van der Waals surface area contributed by atoms with Crippen molar-refractivity contribution in [3.63, 3.8) is 0 Å². The second-order valence-corrected chi connectivity index (χ2v) is 6.52. The maximum Gasteiger partial charge on any atom is 0.237 e. The molecular formula is C18H29ClN2O2. The Labute approximate surface area is 145 Å². The van der Waals surface area contributed by atoms with E-state index >= 15 is 0 Å². The van der Waals surface area contributed by atoms with E-state index in [9.17, 15) is 4.79 Å². The normalized spacial score (nSPS) is 17.9. The third-order valence-corrected chi connectivity index (χ3v) is 4.49. The Balaban J connectivity index is 0.00000264. The number of benzene rings is 1. The van der Waals surface area contributed by atoms with Crippen LogP contribution < -0.4 is 11.1 Å². The van der Waals surface area contributed by atoms with Gasteiger partial charge in [0.05, 0.1) is 6.04 Å². The molecule has 0 aliphatic carbocycles. The highest BCUT2D eigenvalue weighted by atomic mass is 35.5. The lowest BCUT2D eigenvalue weighted by Gasteiger charge is -2.28. The topological polar surface area (TPSA) is 64.4 Å². The summed E-state index contributed by atoms with van der Waals surface area (Å²) >= 11 is 0. The number of carbonyl (C=O) groups is 1. The van der Waals surface area contributed by atoms with E-state index in [0.717, 1.165) is 19.3 Å². The highest BCUT2D eigenvalue weighted by Crippen LogP contribution is 2.18. The van der Waals surface area contributed by atoms with Gasteiger partial charge in [-0.25, -0.2) is 0 Å². The van der Waals surface area contributed by atoms with Gasteiger partial charge >= 0.3 is 0 Å². The van der Waals surface area contributed by atoms with Crippen LogP contribution in [0.4, 0.5) is 0 Å². The minimum Gasteiger partial charge on any atom is -0.381 e. The van der Waals surface area contributed by atoms with Gasteiger partial charge in [-0.3, -0.25) is 4.79 Å². The Kier molecular flexibility index (Phi) is 8.03. The zero-order valence-electron chi connectivity index (χ0n) is 14.3. The van der Waals surface area contributed by atoms with Crippen molar-refractivity contribution in [3.05, 3.63) is 34.9 Å². The lowest BCUT2D eigenvalue weighted by atomic mass is 9.91. The largest absolute Gasteiger partial charge is 0.381 e. The number of halogens is 1. The molecule has 0 spiro atoms. The summed E-state index contributed by atoms with van der Waals surface area (Å²) in [6.07, 6.45) is 2.58. The predicted octanol–water partition coefficient (Wildman–Crippen LogP) is 2.53. The SMILES string of the molecule is Cc1ccc(CC(C)NC(=O)C(N)C2CCOCC2)c(C)c1.Cl. The molecule has 5 heteroatoms. The number of ether oxygens (including phenoxy) is 1. The van der Waals surface area contributed by atoms with Crippen LogP contribution in [0, 0.1) is 19.8 Å². The molecule has 1 aliphatic rings. The van der Waals surface area contributed by atoms with E-state index in [1.165, 1.54) is 16.7 Å². The van der Waals surface area contributed by atoms with E-state index < -0.39 is 6.04 Å². The molecule has 1 aromatic carbocycles. The van der Waals surface area contributed by atoms with E-state index in [4.69, 9.17) is 10.5 Å². The van der Waals surface area contributed by atoms with E-state index in [-0.39, 0.29) is 30.3 Å². The number of amides is 1. The maximum absolute atomic E-state index is 12.3. The summed E-state index contributed by atoms with van der Waals surface area (Å²) in [5.74, 6) is 0.200. The van der Waals surface area contributed by atoms with Crippen LogP contribution in [-0.2, 0) is 16.0 Å². The van der Waals surface area contributed by atoms with E-state index in [1.807, 2.05) is 6.92 Å². The molecule has 1 amide bonds. The molecule has 1 aliphatic heterocycles. The molecular weight excluding hydrogens is 312 g/mol. The van der Waals surface area contributed by atoms with Gasteiger partial charge in [-0.15, -0.1) is 12.4 Å². The van der Waals surface area contributed by atoms with Crippen LogP contribution in [0.15, 0.2) is 18.2 Å². The summed E-state index contributed by atoms with van der Waals surface area (Å²) < 4.78 is 5.33. The molecule has 1 aromatic rings. The van der Waals surface area contributed by atoms with Gasteiger partial charge in [0, 0.05) is 19.3 Å². The highest BCUT2D eigenvalue weighted by molar-refractivity contribution is 5.85. The number of rotatable bonds is 5. The van der Waals surface area contributed by atoms with Gasteiger partial charge in [-0.1, -0.05) is 23.8 Å². The summed E-state index contributed by atoms with van der Waals surface area (Å²) in [6.45, 7) is 7.67. The molecule has 2 atom stereocenters. The Bertz CT molecular complexity index is 516. The van der Waals surface area contributed by atoms with Crippen LogP contribution in [-0.4, -0.2) is 31.2 Å². The van der Waals surface area contributed by atoms with Crippen LogP contribution in [0.3, 0.4) is 0 Å². The first kappa shape index (κ1) is 19.9. The lowest BCUT2D eigenvalue weighted by Crippen LogP contribution is -2.49. The van der Waals surface area contributed by atoms with Crippen molar-refractivity contribution in [3.8, 4) is 0 Å². The number of hydrogen-bond donors (Lipinski definition) is 2. The summed E-state index contributed by atoms with van der Waals surface area (Å²) in [7, 11) is 0. The Morgan fingerprint density at radius 3 is 2.61 bits per heavy atom. The fraction of sp³-hybridized carbons (Fsp3) is 0.611. The van der Waals surface area contributed by atoms with Crippen LogP contribution in [0.2, 0.25) is 0 Å². The number of aryl methyl sites for hydroxylation is 2. The molecule has 130 valence electrons. The molecule has 0 saturated carbocycles. The van der Waals surface area contributed by atoms with Gasteiger partial charge in [-0.05, 0) is 57.1 Å². The maximum atomic E-state index is 12.3. The van der Waals surface area contributed by atoms with Crippen molar-refractivity contribution in [2.24, 2.45) is 11.7 Å². The number of nitrogens with two attached hydrogens (primary N) is 1. The van der Waals surface area contributed by atoms with Crippen molar-refractivity contribution in [2.75, 3.05) is 13.2 Å². The second kappa shape index (κ2) is 9.26. The van der Waals surface area contributed by atoms with Crippen LogP contribution in [0.25, 0.3) is 0 Å². The Morgan fingerprint density at radius 2 is 2.00 bits per heavy atom. The van der Waals surface area contributed by atoms with Gasteiger partial charge in [0.2, 0.25) is 5.91 Å². The summed E-state index contributed by atoms with van der Waals surface area (Å²) in [5.41, 5.74) is 9.93. The quantitative estimate of drug-likeness (QED) is 0.865. The summed E-state index contributed by atoms with van der Waals surface area (Å²) in [5, 5.41) is 3.06. The molecule has 0 radical (unpaired) electrons. The Morgan fingerprint density at radius 1 is 1.35 bits per heavy atom. The molecule has 1 heterocycles. The van der Waals surface area contributed by atoms with Gasteiger partial charge in [0.25, 0.3) is 0 Å². The van der Waals surface area contributed by atoms with Crippen LogP contribution >= 0.6 is 12.4 Å². The van der Waals surface area contributed by atoms with Gasteiger partial charge in [-0.2, -0.15) is 0 Å². The van der Waals surface area contributed by atoms with Gasteiger partial charge in [0.1, 0.15) is 0 Å². The number of nitrogens with one attached hydrogen (secondary N) is 1. The zero-order chi connectivity index (χ0) is 16.1. The molecule has 0 aromatic heterocycles. The average Bonchev–Trinajstić information content (AvgIpc) is 2.50. The van der Waals surface area contributed by atoms with Crippen molar-refractivity contribution in [1.82, 2.24) is 5.32 Å². The molecule has 23 heavy (non-hydrogen) atoms. The van der Waals surface area contributed by atoms with Crippen molar-refractivity contribution in [2.45, 2.75) is 52.1 Å². The molecule has 2 rings (SSSR count). The molecule has 4 nitrogen and oxygen atoms in total. The lowest BCUT2D eigenvalue weighted by molar-refractivity contribution is -0.124. The van der Waals surface area contributed by atoms with Crippen molar-refractivity contribution in [1.29, 1.82) is 0 Å². The third kappa shape index (κ3) is 5.79. The fourth-order valence-corrected chi connectivity index (χ4v) is 3.08. The van der Waals surface area contributed by atoms with Gasteiger partial charge in [0.15, 0.2) is 0 Å². The number of carbonyl (C=O) groups excluding carboxylic acids is 1. The van der Waals surface area contributed by atoms with Crippen molar-refractivity contribution < 1.29 is 9.53 Å². The standard InChI is InChI=1S/C18H28N2O2.ClH/c1-12-4-5-16(13(2)10-12)11-14(3)20-18(21)17(19)15-6-8-22-9-7-15;/h4-5,10,14-15,17H,6-9,11,19H2,1-3H3,(H,20,21);1H. The molecule has 0 bridgehead atoms. The third-order valence-electron chi connectivity index (χ3n) is 4.49. The molecule has 2 unspecified atom stereocenters. The van der Waals surface area contributed by atoms with Crippen LogP contribution in [0.1, 0.15) is 36.5 Å². The van der Waals surface area contributed by atoms with E-state index in [2.05, 4.69) is 37.4 Å². The highest BCUT2D eigenvalue weighted by Gasteiger charge is 2.27. The summed E-state index contributed by atoms with van der Waals surface area (Å²) in [4.78, 5) is 12.3. The van der Waals surface area contributed by atoms with Crippen LogP contribution in [0.5, 0.6) is 0 Å². The smallest absolute Gasteiger partial charge is 0.237 e. The Hall–Kier alpha value is -1.10. The monoisotopic (exact) mass is 340 g/mol. The van der Waals surface area contributed by atoms with Crippen molar-refractivity contribution >= 4 is 18.3 Å². The second-order valence-electron chi connectivity index (χ2n) is 6.52.